The number of thioether (sulfide) groups is 1. The van der Waals surface area contributed by atoms with Crippen LogP contribution in [0.4, 0.5) is 10.1 Å². The van der Waals surface area contributed by atoms with Crippen molar-refractivity contribution in [3.8, 4) is 0 Å². The first kappa shape index (κ1) is 22.8. The Bertz CT molecular complexity index is 1570. The van der Waals surface area contributed by atoms with Crippen molar-refractivity contribution in [1.82, 2.24) is 0 Å². The lowest BCUT2D eigenvalue weighted by Crippen LogP contribution is -2.36. The maximum absolute atomic E-state index is 13.9. The second-order valence-electron chi connectivity index (χ2n) is 7.65. The minimum Gasteiger partial charge on any atom is -0.480 e. The zero-order valence-corrected chi connectivity index (χ0v) is 19.9. The Morgan fingerprint density at radius 1 is 1.24 bits per heavy atom. The predicted octanol–water partition coefficient (Wildman–Crippen LogP) is 4.35. The number of rotatable bonds is 7. The number of carboxylic acid groups (broad SMARTS) is 1. The van der Waals surface area contributed by atoms with Crippen LogP contribution in [0.25, 0.3) is 27.3 Å². The summed E-state index contributed by atoms with van der Waals surface area (Å²) in [6.45, 7) is -0.0384. The molecular weight excluding hydrogens is 503 g/mol. The summed E-state index contributed by atoms with van der Waals surface area (Å²) in [7, 11) is -4.12. The van der Waals surface area contributed by atoms with E-state index in [1.54, 1.807) is 17.2 Å². The van der Waals surface area contributed by atoms with Gasteiger partial charge in [-0.3, -0.25) is 9.35 Å². The molecule has 0 aliphatic carbocycles. The topological polar surface area (TPSA) is 112 Å². The van der Waals surface area contributed by atoms with Crippen LogP contribution < -0.4 is 9.47 Å². The number of aliphatic carboxylic acids is 1. The number of anilines is 1. The van der Waals surface area contributed by atoms with Crippen molar-refractivity contribution >= 4 is 72.1 Å². The molecule has 34 heavy (non-hydrogen) atoms. The molecule has 3 heterocycles. The SMILES string of the molecule is O=C(O)CN1C(=Cc2sc3ccc4occc4c3[n+]2CCCS(=O)(=O)O)Sc2ccc(F)cc21. The number of furan rings is 1. The van der Waals surface area contributed by atoms with E-state index in [1.807, 2.05) is 28.8 Å². The number of hydrogen-bond acceptors (Lipinski definition) is 7. The van der Waals surface area contributed by atoms with E-state index in [0.717, 1.165) is 25.5 Å². The zero-order chi connectivity index (χ0) is 24.0. The van der Waals surface area contributed by atoms with Gasteiger partial charge in [0, 0.05) is 11.3 Å². The summed E-state index contributed by atoms with van der Waals surface area (Å²) in [5.41, 5.74) is 2.02. The third-order valence-corrected chi connectivity index (χ3v) is 8.35. The second-order valence-corrected chi connectivity index (χ2v) is 11.3. The monoisotopic (exact) mass is 521 g/mol. The molecule has 0 saturated carbocycles. The van der Waals surface area contributed by atoms with Crippen molar-refractivity contribution in [3.05, 3.63) is 58.5 Å². The molecule has 4 aromatic rings. The summed E-state index contributed by atoms with van der Waals surface area (Å²) < 4.78 is 54.0. The molecule has 2 N–H and O–H groups in total. The summed E-state index contributed by atoms with van der Waals surface area (Å²) in [6.07, 6.45) is 3.59. The molecule has 0 unspecified atom stereocenters. The number of nitrogens with zero attached hydrogens (tertiary/aromatic N) is 2. The number of benzene rings is 2. The van der Waals surface area contributed by atoms with Gasteiger partial charge in [0.1, 0.15) is 22.6 Å². The van der Waals surface area contributed by atoms with Crippen LogP contribution >= 0.6 is 23.1 Å². The van der Waals surface area contributed by atoms with Crippen LogP contribution in [0.15, 0.2) is 57.0 Å². The fourth-order valence-electron chi connectivity index (χ4n) is 3.97. The smallest absolute Gasteiger partial charge is 0.323 e. The minimum absolute atomic E-state index is 0.178. The molecule has 5 rings (SSSR count). The summed E-state index contributed by atoms with van der Waals surface area (Å²) >= 11 is 2.80. The van der Waals surface area contributed by atoms with Crippen molar-refractivity contribution in [2.45, 2.75) is 17.9 Å². The number of halogens is 1. The van der Waals surface area contributed by atoms with E-state index in [4.69, 9.17) is 4.42 Å². The molecule has 2 aromatic carbocycles. The van der Waals surface area contributed by atoms with Crippen LogP contribution in [-0.4, -0.2) is 36.3 Å². The van der Waals surface area contributed by atoms with Gasteiger partial charge in [-0.05, 0) is 36.4 Å². The third kappa shape index (κ3) is 4.41. The molecule has 2 aromatic heterocycles. The first-order chi connectivity index (χ1) is 16.2. The Hall–Kier alpha value is -2.93. The molecule has 0 fully saturated rings. The number of aryl methyl sites for hydroxylation is 1. The van der Waals surface area contributed by atoms with E-state index < -0.39 is 21.9 Å². The van der Waals surface area contributed by atoms with Crippen LogP contribution in [0, 0.1) is 5.82 Å². The Morgan fingerprint density at radius 3 is 2.82 bits per heavy atom. The molecule has 8 nitrogen and oxygen atoms in total. The second kappa shape index (κ2) is 8.69. The van der Waals surface area contributed by atoms with Crippen LogP contribution in [0.1, 0.15) is 11.4 Å². The third-order valence-electron chi connectivity index (χ3n) is 5.34. The molecule has 0 amide bonds. The Kier molecular flexibility index (Phi) is 5.84. The molecule has 1 aliphatic heterocycles. The average molecular weight is 522 g/mol. The van der Waals surface area contributed by atoms with Gasteiger partial charge in [-0.25, -0.2) is 4.39 Å². The zero-order valence-electron chi connectivity index (χ0n) is 17.5. The molecule has 176 valence electrons. The first-order valence-electron chi connectivity index (χ1n) is 10.2. The number of hydrogen-bond donors (Lipinski definition) is 2. The van der Waals surface area contributed by atoms with E-state index in [-0.39, 0.29) is 18.7 Å². The maximum Gasteiger partial charge on any atom is 0.323 e. The largest absolute Gasteiger partial charge is 0.480 e. The number of thiazole rings is 1. The molecule has 0 spiro atoms. The Morgan fingerprint density at radius 2 is 2.06 bits per heavy atom. The number of fused-ring (bicyclic) bond motifs is 4. The first-order valence-corrected chi connectivity index (χ1v) is 13.4. The van der Waals surface area contributed by atoms with Crippen LogP contribution in [-0.2, 0) is 21.5 Å². The lowest BCUT2D eigenvalue weighted by Gasteiger charge is -2.17. The molecule has 12 heteroatoms. The van der Waals surface area contributed by atoms with Gasteiger partial charge in [-0.15, -0.1) is 0 Å². The van der Waals surface area contributed by atoms with Gasteiger partial charge in [0.25, 0.3) is 15.1 Å². The average Bonchev–Trinajstić information content (AvgIpc) is 3.44. The molecule has 1 aliphatic rings. The quantitative estimate of drug-likeness (QED) is 0.273. The van der Waals surface area contributed by atoms with Crippen LogP contribution in [0.2, 0.25) is 0 Å². The van der Waals surface area contributed by atoms with Gasteiger partial charge in [0.05, 0.1) is 34.2 Å². The van der Waals surface area contributed by atoms with E-state index in [0.29, 0.717) is 22.8 Å². The number of carboxylic acids is 1. The number of aromatic nitrogens is 1. The highest BCUT2D eigenvalue weighted by atomic mass is 32.2. The molecular formula is C22H18FN2O6S3+. The lowest BCUT2D eigenvalue weighted by atomic mass is 10.2. The highest BCUT2D eigenvalue weighted by molar-refractivity contribution is 8.03. The van der Waals surface area contributed by atoms with E-state index in [1.165, 1.54) is 35.2 Å². The summed E-state index contributed by atoms with van der Waals surface area (Å²) in [6, 6.07) is 9.86. The van der Waals surface area contributed by atoms with Gasteiger partial charge in [0.2, 0.25) is 5.52 Å². The summed E-state index contributed by atoms with van der Waals surface area (Å²) in [5, 5.41) is 11.7. The fourth-order valence-corrected chi connectivity index (χ4v) is 6.76. The van der Waals surface area contributed by atoms with Crippen molar-refractivity contribution in [3.63, 3.8) is 0 Å². The van der Waals surface area contributed by atoms with Gasteiger partial charge in [-0.1, -0.05) is 23.1 Å². The minimum atomic E-state index is -4.12. The normalized spacial score (nSPS) is 15.0. The Labute approximate surface area is 201 Å². The van der Waals surface area contributed by atoms with Gasteiger partial charge >= 0.3 is 5.97 Å². The van der Waals surface area contributed by atoms with E-state index >= 15 is 0 Å². The predicted molar refractivity (Wildman–Crippen MR) is 128 cm³/mol. The van der Waals surface area contributed by atoms with Crippen LogP contribution in [0.5, 0.6) is 0 Å². The van der Waals surface area contributed by atoms with E-state index in [2.05, 4.69) is 0 Å². The highest BCUT2D eigenvalue weighted by Gasteiger charge is 2.30. The molecule has 0 saturated heterocycles. The fraction of sp³-hybridized carbons (Fsp3) is 0.182. The van der Waals surface area contributed by atoms with Gasteiger partial charge in [0.15, 0.2) is 6.54 Å². The number of carbonyl (C=O) groups is 1. The van der Waals surface area contributed by atoms with Crippen molar-refractivity contribution in [2.75, 3.05) is 17.2 Å². The van der Waals surface area contributed by atoms with Crippen molar-refractivity contribution in [2.24, 2.45) is 0 Å². The molecule has 0 bridgehead atoms. The Balaban J connectivity index is 1.63. The molecule has 0 radical (unpaired) electrons. The van der Waals surface area contributed by atoms with Crippen molar-refractivity contribution < 1.29 is 36.2 Å². The van der Waals surface area contributed by atoms with Gasteiger partial charge in [-0.2, -0.15) is 13.0 Å². The standard InChI is InChI=1S/C22H17FN2O6S3/c23-13-2-4-17-15(10-13)25(12-21(26)27)20(32-17)11-19-24(7-1-9-34(28,29)30)22-14-6-8-31-16(14)3-5-18(22)33-19/h2-6,8,10-11H,1,7,9,12H2,(H-,26,27,28,29,30)/p+1. The summed E-state index contributed by atoms with van der Waals surface area (Å²) in [4.78, 5) is 13.8. The highest BCUT2D eigenvalue weighted by Crippen LogP contribution is 2.47. The molecule has 0 atom stereocenters. The maximum atomic E-state index is 13.9. The van der Waals surface area contributed by atoms with E-state index in [9.17, 15) is 27.3 Å². The van der Waals surface area contributed by atoms with Crippen molar-refractivity contribution in [1.29, 1.82) is 0 Å². The lowest BCUT2D eigenvalue weighted by molar-refractivity contribution is -0.667. The van der Waals surface area contributed by atoms with Gasteiger partial charge < -0.3 is 14.4 Å². The van der Waals surface area contributed by atoms with Crippen LogP contribution in [0.3, 0.4) is 0 Å². The summed E-state index contributed by atoms with van der Waals surface area (Å²) in [5.74, 6) is -1.90.